The summed E-state index contributed by atoms with van der Waals surface area (Å²) in [4.78, 5) is 25.6. The quantitative estimate of drug-likeness (QED) is 0.510. The van der Waals surface area contributed by atoms with Crippen LogP contribution in [0.4, 0.5) is 0 Å². The van der Waals surface area contributed by atoms with Crippen LogP contribution in [0.1, 0.15) is 25.5 Å². The van der Waals surface area contributed by atoms with Crippen molar-refractivity contribution in [2.75, 3.05) is 13.7 Å². The van der Waals surface area contributed by atoms with Gasteiger partial charge in [0.2, 0.25) is 0 Å². The second-order valence-electron chi connectivity index (χ2n) is 5.68. The number of hydrogen-bond acceptors (Lipinski definition) is 4. The van der Waals surface area contributed by atoms with Gasteiger partial charge in [-0.1, -0.05) is 43.8 Å². The van der Waals surface area contributed by atoms with Crippen molar-refractivity contribution in [1.29, 1.82) is 0 Å². The van der Waals surface area contributed by atoms with Crippen molar-refractivity contribution < 1.29 is 19.4 Å². The zero-order chi connectivity index (χ0) is 16.5. The van der Waals surface area contributed by atoms with Crippen LogP contribution in [0.25, 0.3) is 0 Å². The van der Waals surface area contributed by atoms with E-state index >= 15 is 0 Å². The Labute approximate surface area is 130 Å². The smallest absolute Gasteiger partial charge is 0.333 e. The van der Waals surface area contributed by atoms with E-state index in [0.29, 0.717) is 0 Å². The first-order valence-electron chi connectivity index (χ1n) is 7.18. The Hall–Kier alpha value is -2.14. The SMILES string of the molecule is C=C(C(=O)OC)[C@@H](C)[C@]1(O)CN([C@@H](C)c2ccccc2)C1=O. The molecule has 0 unspecified atom stereocenters. The Morgan fingerprint density at radius 3 is 2.45 bits per heavy atom. The third-order valence-corrected chi connectivity index (χ3v) is 4.48. The monoisotopic (exact) mass is 303 g/mol. The summed E-state index contributed by atoms with van der Waals surface area (Å²) in [6.45, 7) is 7.32. The van der Waals surface area contributed by atoms with Gasteiger partial charge >= 0.3 is 5.97 Å². The lowest BCUT2D eigenvalue weighted by Crippen LogP contribution is -2.70. The average molecular weight is 303 g/mol. The number of carbonyl (C=O) groups is 2. The molecule has 0 radical (unpaired) electrons. The number of benzene rings is 1. The lowest BCUT2D eigenvalue weighted by atomic mass is 9.76. The number of likely N-dealkylation sites (tertiary alicyclic amines) is 1. The molecule has 1 fully saturated rings. The number of esters is 1. The van der Waals surface area contributed by atoms with Gasteiger partial charge in [0.15, 0.2) is 5.60 Å². The molecule has 22 heavy (non-hydrogen) atoms. The molecule has 1 aliphatic rings. The largest absolute Gasteiger partial charge is 0.466 e. The lowest BCUT2D eigenvalue weighted by molar-refractivity contribution is -0.187. The molecule has 0 aromatic heterocycles. The molecule has 1 aromatic carbocycles. The van der Waals surface area contributed by atoms with E-state index in [2.05, 4.69) is 11.3 Å². The summed E-state index contributed by atoms with van der Waals surface area (Å²) in [5.41, 5.74) is -0.489. The third-order valence-electron chi connectivity index (χ3n) is 4.48. The van der Waals surface area contributed by atoms with Crippen LogP contribution in [0, 0.1) is 5.92 Å². The Balaban J connectivity index is 2.11. The maximum Gasteiger partial charge on any atom is 0.333 e. The minimum absolute atomic E-state index is 0.102. The number of β-amino-alcohol motifs (C(OH)–C–C–N with tert-alkyl or cyclic N) is 1. The molecule has 118 valence electrons. The van der Waals surface area contributed by atoms with Gasteiger partial charge in [-0.15, -0.1) is 0 Å². The molecule has 1 aliphatic heterocycles. The van der Waals surface area contributed by atoms with Gasteiger partial charge in [0, 0.05) is 11.5 Å². The molecule has 1 aromatic rings. The number of β-lactam (4-membered cyclic amide) rings is 1. The molecule has 1 heterocycles. The van der Waals surface area contributed by atoms with Gasteiger partial charge in [0.1, 0.15) is 0 Å². The van der Waals surface area contributed by atoms with Crippen LogP contribution in [0.3, 0.4) is 0 Å². The second-order valence-corrected chi connectivity index (χ2v) is 5.68. The number of rotatable bonds is 5. The summed E-state index contributed by atoms with van der Waals surface area (Å²) in [6, 6.07) is 9.46. The minimum atomic E-state index is -1.59. The fourth-order valence-electron chi connectivity index (χ4n) is 2.70. The Morgan fingerprint density at radius 1 is 1.36 bits per heavy atom. The zero-order valence-electron chi connectivity index (χ0n) is 13.1. The van der Waals surface area contributed by atoms with Gasteiger partial charge in [0.05, 0.1) is 19.7 Å². The fourth-order valence-corrected chi connectivity index (χ4v) is 2.70. The second kappa shape index (κ2) is 5.93. The molecule has 1 N–H and O–H groups in total. The molecule has 1 saturated heterocycles. The maximum absolute atomic E-state index is 12.4. The summed E-state index contributed by atoms with van der Waals surface area (Å²) in [5.74, 6) is -1.68. The van der Waals surface area contributed by atoms with Crippen molar-refractivity contribution in [3.63, 3.8) is 0 Å². The molecule has 3 atom stereocenters. The van der Waals surface area contributed by atoms with Crippen LogP contribution in [0.5, 0.6) is 0 Å². The van der Waals surface area contributed by atoms with E-state index < -0.39 is 17.5 Å². The topological polar surface area (TPSA) is 66.8 Å². The van der Waals surface area contributed by atoms with Crippen LogP contribution < -0.4 is 0 Å². The Kier molecular flexibility index (Phi) is 4.37. The van der Waals surface area contributed by atoms with E-state index in [-0.39, 0.29) is 24.1 Å². The molecule has 0 spiro atoms. The third kappa shape index (κ3) is 2.52. The van der Waals surface area contributed by atoms with E-state index in [1.54, 1.807) is 11.8 Å². The van der Waals surface area contributed by atoms with Gasteiger partial charge in [-0.05, 0) is 12.5 Å². The number of hydrogen-bond donors (Lipinski definition) is 1. The predicted molar refractivity (Wildman–Crippen MR) is 81.8 cm³/mol. The Morgan fingerprint density at radius 2 is 1.95 bits per heavy atom. The maximum atomic E-state index is 12.4. The zero-order valence-corrected chi connectivity index (χ0v) is 13.1. The van der Waals surface area contributed by atoms with Gasteiger partial charge in [-0.2, -0.15) is 0 Å². The molecular formula is C17H21NO4. The highest BCUT2D eigenvalue weighted by atomic mass is 16.5. The van der Waals surface area contributed by atoms with Crippen LogP contribution in [0.15, 0.2) is 42.5 Å². The highest BCUT2D eigenvalue weighted by Gasteiger charge is 2.57. The number of aliphatic hydroxyl groups is 1. The van der Waals surface area contributed by atoms with Crippen LogP contribution >= 0.6 is 0 Å². The molecule has 1 amide bonds. The van der Waals surface area contributed by atoms with E-state index in [0.717, 1.165) is 5.56 Å². The summed E-state index contributed by atoms with van der Waals surface area (Å²) in [7, 11) is 1.25. The lowest BCUT2D eigenvalue weighted by Gasteiger charge is -2.51. The van der Waals surface area contributed by atoms with E-state index in [1.807, 2.05) is 37.3 Å². The van der Waals surface area contributed by atoms with Crippen LogP contribution in [0.2, 0.25) is 0 Å². The van der Waals surface area contributed by atoms with Crippen molar-refractivity contribution in [3.8, 4) is 0 Å². The normalized spacial score (nSPS) is 23.5. The summed E-state index contributed by atoms with van der Waals surface area (Å²) in [6.07, 6.45) is 0. The number of ether oxygens (including phenoxy) is 1. The van der Waals surface area contributed by atoms with Crippen LogP contribution in [-0.4, -0.2) is 41.1 Å². The van der Waals surface area contributed by atoms with E-state index in [1.165, 1.54) is 7.11 Å². The van der Waals surface area contributed by atoms with Gasteiger partial charge in [-0.3, -0.25) is 4.79 Å². The van der Waals surface area contributed by atoms with Gasteiger partial charge in [-0.25, -0.2) is 4.79 Å². The number of amides is 1. The summed E-state index contributed by atoms with van der Waals surface area (Å²) in [5, 5.41) is 10.6. The molecular weight excluding hydrogens is 282 g/mol. The summed E-state index contributed by atoms with van der Waals surface area (Å²) >= 11 is 0. The Bertz CT molecular complexity index is 598. The van der Waals surface area contributed by atoms with Gasteiger partial charge < -0.3 is 14.7 Å². The van der Waals surface area contributed by atoms with Crippen molar-refractivity contribution in [1.82, 2.24) is 4.90 Å². The number of nitrogens with zero attached hydrogens (tertiary/aromatic N) is 1. The molecule has 5 nitrogen and oxygen atoms in total. The number of methoxy groups -OCH3 is 1. The van der Waals surface area contributed by atoms with E-state index in [9.17, 15) is 14.7 Å². The van der Waals surface area contributed by atoms with Crippen molar-refractivity contribution in [3.05, 3.63) is 48.0 Å². The standard InChI is InChI=1S/C17H21NO4/c1-11(15(19)22-4)12(2)17(21)10-18(16(17)20)13(3)14-8-6-5-7-9-14/h5-9,12-13,21H,1,10H2,2-4H3/t12-,13+,17-/m1/s1. The fraction of sp³-hybridized carbons (Fsp3) is 0.412. The van der Waals surface area contributed by atoms with Gasteiger partial charge in [0.25, 0.3) is 5.91 Å². The molecule has 0 saturated carbocycles. The molecule has 2 rings (SSSR count). The van der Waals surface area contributed by atoms with Crippen molar-refractivity contribution >= 4 is 11.9 Å². The first kappa shape index (κ1) is 16.2. The summed E-state index contributed by atoms with van der Waals surface area (Å²) < 4.78 is 4.60. The first-order valence-corrected chi connectivity index (χ1v) is 7.18. The molecule has 0 bridgehead atoms. The molecule has 5 heteroatoms. The number of carbonyl (C=O) groups excluding carboxylic acids is 2. The van der Waals surface area contributed by atoms with E-state index in [4.69, 9.17) is 0 Å². The van der Waals surface area contributed by atoms with Crippen molar-refractivity contribution in [2.24, 2.45) is 5.92 Å². The predicted octanol–water partition coefficient (Wildman–Crippen LogP) is 1.69. The highest BCUT2D eigenvalue weighted by Crippen LogP contribution is 2.39. The highest BCUT2D eigenvalue weighted by molar-refractivity contribution is 5.96. The van der Waals surface area contributed by atoms with Crippen LogP contribution in [-0.2, 0) is 14.3 Å². The van der Waals surface area contributed by atoms with Crippen molar-refractivity contribution in [2.45, 2.75) is 25.5 Å². The first-order chi connectivity index (χ1) is 10.3. The molecule has 0 aliphatic carbocycles. The minimum Gasteiger partial charge on any atom is -0.466 e. The average Bonchev–Trinajstić information content (AvgIpc) is 2.56.